The highest BCUT2D eigenvalue weighted by molar-refractivity contribution is 7.89. The molecule has 1 aliphatic carbocycles. The number of hydrogen-bond acceptors (Lipinski definition) is 3. The number of rotatable bonds is 6. The third-order valence-corrected chi connectivity index (χ3v) is 4.42. The highest BCUT2D eigenvalue weighted by Crippen LogP contribution is 2.22. The Kier molecular flexibility index (Phi) is 4.27. The first-order chi connectivity index (χ1) is 8.97. The van der Waals surface area contributed by atoms with Crippen molar-refractivity contribution in [3.05, 3.63) is 35.9 Å². The molecule has 0 amide bonds. The van der Waals surface area contributed by atoms with Crippen LogP contribution in [0.15, 0.2) is 40.8 Å². The fourth-order valence-electron chi connectivity index (χ4n) is 1.61. The second-order valence-corrected chi connectivity index (χ2v) is 6.80. The molecule has 0 saturated heterocycles. The summed E-state index contributed by atoms with van der Waals surface area (Å²) in [4.78, 5) is 0.326. The van der Waals surface area contributed by atoms with Crippen LogP contribution in [0.5, 0.6) is 0 Å². The molecule has 0 spiro atoms. The van der Waals surface area contributed by atoms with E-state index in [1.165, 1.54) is 5.57 Å². The number of allylic oxidation sites excluding steroid dienone is 1. The summed E-state index contributed by atoms with van der Waals surface area (Å²) in [5.41, 5.74) is 2.17. The molecule has 1 aromatic rings. The molecule has 5 heteroatoms. The zero-order valence-electron chi connectivity index (χ0n) is 11.3. The molecule has 0 aliphatic heterocycles. The summed E-state index contributed by atoms with van der Waals surface area (Å²) < 4.78 is 26.6. The molecule has 1 saturated carbocycles. The minimum Gasteiger partial charge on any atom is -0.382 e. The lowest BCUT2D eigenvalue weighted by molar-refractivity contribution is 0.581. The standard InChI is InChI=1S/C14H20N2O2S/c1-11(2)9-10-15-12-5-7-14(8-6-12)19(17,18)16-13-3-4-13/h5-9,13,15-16H,3-4,10H2,1-2H3. The number of sulfonamides is 1. The van der Waals surface area contributed by atoms with Crippen LogP contribution in [0, 0.1) is 0 Å². The van der Waals surface area contributed by atoms with E-state index < -0.39 is 10.0 Å². The lowest BCUT2D eigenvalue weighted by Crippen LogP contribution is -2.25. The van der Waals surface area contributed by atoms with Crippen LogP contribution >= 0.6 is 0 Å². The SMILES string of the molecule is CC(C)=CCNc1ccc(S(=O)(=O)NC2CC2)cc1. The molecule has 19 heavy (non-hydrogen) atoms. The molecule has 0 unspecified atom stereocenters. The second kappa shape index (κ2) is 5.75. The van der Waals surface area contributed by atoms with Crippen LogP contribution in [0.3, 0.4) is 0 Å². The third-order valence-electron chi connectivity index (χ3n) is 2.88. The zero-order chi connectivity index (χ0) is 13.9. The van der Waals surface area contributed by atoms with Crippen molar-refractivity contribution in [1.29, 1.82) is 0 Å². The van der Waals surface area contributed by atoms with Crippen molar-refractivity contribution in [2.75, 3.05) is 11.9 Å². The summed E-state index contributed by atoms with van der Waals surface area (Å²) in [6, 6.07) is 6.99. The van der Waals surface area contributed by atoms with Gasteiger partial charge in [0.1, 0.15) is 0 Å². The van der Waals surface area contributed by atoms with E-state index in [1.54, 1.807) is 24.3 Å². The quantitative estimate of drug-likeness (QED) is 0.787. The fourth-order valence-corrected chi connectivity index (χ4v) is 2.92. The molecular formula is C14H20N2O2S. The Hall–Kier alpha value is -1.33. The maximum absolute atomic E-state index is 12.0. The van der Waals surface area contributed by atoms with Crippen LogP contribution in [0.25, 0.3) is 0 Å². The van der Waals surface area contributed by atoms with E-state index in [0.29, 0.717) is 4.90 Å². The number of benzene rings is 1. The lowest BCUT2D eigenvalue weighted by Gasteiger charge is -2.07. The van der Waals surface area contributed by atoms with E-state index in [0.717, 1.165) is 25.1 Å². The van der Waals surface area contributed by atoms with Crippen molar-refractivity contribution in [3.8, 4) is 0 Å². The van der Waals surface area contributed by atoms with Crippen LogP contribution in [0.2, 0.25) is 0 Å². The molecule has 0 heterocycles. The Bertz CT molecular complexity index is 554. The molecule has 2 N–H and O–H groups in total. The van der Waals surface area contributed by atoms with E-state index in [4.69, 9.17) is 0 Å². The Labute approximate surface area is 115 Å². The summed E-state index contributed by atoms with van der Waals surface area (Å²) in [5.74, 6) is 0. The fraction of sp³-hybridized carbons (Fsp3) is 0.429. The third kappa shape index (κ3) is 4.36. The predicted octanol–water partition coefficient (Wildman–Crippen LogP) is 2.51. The molecule has 1 aliphatic rings. The molecule has 0 bridgehead atoms. The van der Waals surface area contributed by atoms with Gasteiger partial charge in [-0.25, -0.2) is 13.1 Å². The molecule has 2 rings (SSSR count). The average Bonchev–Trinajstić information content (AvgIpc) is 3.12. The minimum absolute atomic E-state index is 0.139. The average molecular weight is 280 g/mol. The van der Waals surface area contributed by atoms with E-state index in [1.807, 2.05) is 13.8 Å². The van der Waals surface area contributed by atoms with Crippen molar-refractivity contribution in [2.24, 2.45) is 0 Å². The van der Waals surface area contributed by atoms with E-state index in [-0.39, 0.29) is 6.04 Å². The normalized spacial score (nSPS) is 15.1. The maximum Gasteiger partial charge on any atom is 0.240 e. The van der Waals surface area contributed by atoms with Gasteiger partial charge in [-0.2, -0.15) is 0 Å². The van der Waals surface area contributed by atoms with Crippen molar-refractivity contribution >= 4 is 15.7 Å². The summed E-state index contributed by atoms with van der Waals surface area (Å²) in [7, 11) is -3.34. The van der Waals surface area contributed by atoms with Gasteiger partial charge in [-0.15, -0.1) is 0 Å². The molecule has 0 atom stereocenters. The highest BCUT2D eigenvalue weighted by atomic mass is 32.2. The minimum atomic E-state index is -3.34. The lowest BCUT2D eigenvalue weighted by atomic mass is 10.3. The molecule has 4 nitrogen and oxygen atoms in total. The Morgan fingerprint density at radius 1 is 1.26 bits per heavy atom. The Balaban J connectivity index is 1.99. The van der Waals surface area contributed by atoms with Crippen LogP contribution < -0.4 is 10.0 Å². The predicted molar refractivity (Wildman–Crippen MR) is 77.7 cm³/mol. The molecule has 1 aromatic carbocycles. The van der Waals surface area contributed by atoms with Crippen LogP contribution in [-0.4, -0.2) is 21.0 Å². The van der Waals surface area contributed by atoms with E-state index >= 15 is 0 Å². The zero-order valence-corrected chi connectivity index (χ0v) is 12.1. The van der Waals surface area contributed by atoms with Gasteiger partial charge in [-0.3, -0.25) is 0 Å². The van der Waals surface area contributed by atoms with Crippen molar-refractivity contribution in [2.45, 2.75) is 37.6 Å². The molecule has 104 valence electrons. The molecule has 0 radical (unpaired) electrons. The topological polar surface area (TPSA) is 58.2 Å². The van der Waals surface area contributed by atoms with Crippen LogP contribution in [-0.2, 0) is 10.0 Å². The van der Waals surface area contributed by atoms with Crippen molar-refractivity contribution < 1.29 is 8.42 Å². The van der Waals surface area contributed by atoms with Crippen LogP contribution in [0.1, 0.15) is 26.7 Å². The summed E-state index contributed by atoms with van der Waals surface area (Å²) in [5, 5.41) is 3.22. The van der Waals surface area contributed by atoms with Crippen molar-refractivity contribution in [1.82, 2.24) is 4.72 Å². The summed E-state index contributed by atoms with van der Waals surface area (Å²) in [6.45, 7) is 4.83. The monoisotopic (exact) mass is 280 g/mol. The number of anilines is 1. The maximum atomic E-state index is 12.0. The highest BCUT2D eigenvalue weighted by Gasteiger charge is 2.27. The first-order valence-electron chi connectivity index (χ1n) is 6.47. The first-order valence-corrected chi connectivity index (χ1v) is 7.95. The van der Waals surface area contributed by atoms with E-state index in [2.05, 4.69) is 16.1 Å². The Morgan fingerprint density at radius 2 is 1.89 bits per heavy atom. The molecular weight excluding hydrogens is 260 g/mol. The second-order valence-electron chi connectivity index (χ2n) is 5.08. The van der Waals surface area contributed by atoms with Gasteiger partial charge in [-0.05, 0) is 51.0 Å². The number of nitrogens with one attached hydrogen (secondary N) is 2. The van der Waals surface area contributed by atoms with Gasteiger partial charge in [-0.1, -0.05) is 11.6 Å². The van der Waals surface area contributed by atoms with Gasteiger partial charge >= 0.3 is 0 Å². The first kappa shape index (κ1) is 14.1. The van der Waals surface area contributed by atoms with Gasteiger partial charge in [0, 0.05) is 18.3 Å². The Morgan fingerprint density at radius 3 is 2.42 bits per heavy atom. The largest absolute Gasteiger partial charge is 0.382 e. The van der Waals surface area contributed by atoms with Gasteiger partial charge in [0.05, 0.1) is 4.90 Å². The van der Waals surface area contributed by atoms with Crippen LogP contribution in [0.4, 0.5) is 5.69 Å². The van der Waals surface area contributed by atoms with E-state index in [9.17, 15) is 8.42 Å². The van der Waals surface area contributed by atoms with Gasteiger partial charge in [0.15, 0.2) is 0 Å². The molecule has 0 aromatic heterocycles. The summed E-state index contributed by atoms with van der Waals surface area (Å²) >= 11 is 0. The van der Waals surface area contributed by atoms with Crippen molar-refractivity contribution in [3.63, 3.8) is 0 Å². The van der Waals surface area contributed by atoms with Gasteiger partial charge < -0.3 is 5.32 Å². The van der Waals surface area contributed by atoms with Gasteiger partial charge in [0.2, 0.25) is 10.0 Å². The summed E-state index contributed by atoms with van der Waals surface area (Å²) in [6.07, 6.45) is 3.97. The number of hydrogen-bond donors (Lipinski definition) is 2. The molecule has 1 fully saturated rings. The smallest absolute Gasteiger partial charge is 0.240 e. The van der Waals surface area contributed by atoms with Gasteiger partial charge in [0.25, 0.3) is 0 Å².